The predicted molar refractivity (Wildman–Crippen MR) is 101 cm³/mol. The van der Waals surface area contributed by atoms with Crippen LogP contribution in [-0.2, 0) is 25.6 Å². The lowest BCUT2D eigenvalue weighted by Crippen LogP contribution is -2.41. The van der Waals surface area contributed by atoms with E-state index in [9.17, 15) is 31.6 Å². The molecule has 5 nitrogen and oxygen atoms in total. The van der Waals surface area contributed by atoms with E-state index in [4.69, 9.17) is 4.74 Å². The maximum atomic E-state index is 13.6. The highest BCUT2D eigenvalue weighted by atomic mass is 32.2. The molecule has 0 spiro atoms. The normalized spacial score (nSPS) is 19.2. The maximum absolute atomic E-state index is 13.6. The monoisotopic (exact) mass is 437 g/mol. The highest BCUT2D eigenvalue weighted by molar-refractivity contribution is 7.92. The van der Waals surface area contributed by atoms with Crippen LogP contribution in [0.2, 0.25) is 0 Å². The Morgan fingerprint density at radius 3 is 2.03 bits per heavy atom. The molecule has 0 aliphatic heterocycles. The van der Waals surface area contributed by atoms with Gasteiger partial charge < -0.3 is 4.74 Å². The van der Waals surface area contributed by atoms with Gasteiger partial charge in [0.1, 0.15) is 11.5 Å². The molecule has 0 unspecified atom stereocenters. The number of benzene rings is 2. The van der Waals surface area contributed by atoms with Crippen LogP contribution in [0.25, 0.3) is 0 Å². The number of hydrogen-bond donors (Lipinski definition) is 0. The van der Waals surface area contributed by atoms with Crippen molar-refractivity contribution in [3.8, 4) is 11.8 Å². The molecule has 1 aliphatic carbocycles. The summed E-state index contributed by atoms with van der Waals surface area (Å²) >= 11 is 0. The van der Waals surface area contributed by atoms with Gasteiger partial charge in [0.15, 0.2) is 4.75 Å². The minimum Gasteiger partial charge on any atom is -0.497 e. The highest BCUT2D eigenvalue weighted by Crippen LogP contribution is 2.48. The number of ketones is 1. The highest BCUT2D eigenvalue weighted by Gasteiger charge is 2.55. The number of nitriles is 1. The number of nitrogens with zero attached hydrogens (tertiary/aromatic N) is 1. The lowest BCUT2D eigenvalue weighted by atomic mass is 9.85. The van der Waals surface area contributed by atoms with Gasteiger partial charge >= 0.3 is 6.18 Å². The standard InChI is InChI=1S/C21H18F3NO4S/c1-29-18-8-3-14(4-9-18)20(13-25,16-2-7-17(26)12-16)30(27,28)19-10-5-15(6-11-19)21(22,23)24/h3-6,8-11,16H,2,7,12H2,1H3/t16-,20+/m0/s1. The van der Waals surface area contributed by atoms with Crippen molar-refractivity contribution in [2.24, 2.45) is 5.92 Å². The van der Waals surface area contributed by atoms with Crippen LogP contribution < -0.4 is 4.74 Å². The molecular weight excluding hydrogens is 419 g/mol. The topological polar surface area (TPSA) is 84.2 Å². The summed E-state index contributed by atoms with van der Waals surface area (Å²) in [4.78, 5) is 11.5. The molecule has 158 valence electrons. The Labute approximate surface area is 172 Å². The van der Waals surface area contributed by atoms with Gasteiger partial charge in [0.25, 0.3) is 0 Å². The fourth-order valence-electron chi connectivity index (χ4n) is 3.83. The van der Waals surface area contributed by atoms with Crippen LogP contribution in [0.15, 0.2) is 53.4 Å². The Kier molecular flexibility index (Phi) is 5.65. The second-order valence-electron chi connectivity index (χ2n) is 7.08. The zero-order valence-corrected chi connectivity index (χ0v) is 16.8. The number of carbonyl (C=O) groups is 1. The summed E-state index contributed by atoms with van der Waals surface area (Å²) in [6, 6.07) is 10.8. The maximum Gasteiger partial charge on any atom is 0.416 e. The van der Waals surface area contributed by atoms with Crippen molar-refractivity contribution in [3.05, 3.63) is 59.7 Å². The van der Waals surface area contributed by atoms with Crippen molar-refractivity contribution in [1.82, 2.24) is 0 Å². The number of ether oxygens (including phenoxy) is 1. The van der Waals surface area contributed by atoms with Crippen LogP contribution in [0.5, 0.6) is 5.75 Å². The largest absolute Gasteiger partial charge is 0.497 e. The molecule has 0 N–H and O–H groups in total. The fourth-order valence-corrected chi connectivity index (χ4v) is 5.91. The van der Waals surface area contributed by atoms with Crippen LogP contribution in [-0.4, -0.2) is 21.3 Å². The number of methoxy groups -OCH3 is 1. The zero-order chi connectivity index (χ0) is 22.2. The van der Waals surface area contributed by atoms with E-state index in [1.165, 1.54) is 31.4 Å². The second-order valence-corrected chi connectivity index (χ2v) is 9.20. The number of sulfone groups is 1. The Hall–Kier alpha value is -2.86. The van der Waals surface area contributed by atoms with Crippen molar-refractivity contribution in [2.75, 3.05) is 7.11 Å². The van der Waals surface area contributed by atoms with Gasteiger partial charge in [-0.15, -0.1) is 0 Å². The molecular formula is C21H18F3NO4S. The average Bonchev–Trinajstić information content (AvgIpc) is 3.15. The number of hydrogen-bond acceptors (Lipinski definition) is 5. The summed E-state index contributed by atoms with van der Waals surface area (Å²) in [6.07, 6.45) is -4.38. The summed E-state index contributed by atoms with van der Waals surface area (Å²) in [7, 11) is -3.04. The third-order valence-corrected chi connectivity index (χ3v) is 7.82. The van der Waals surface area contributed by atoms with Crippen LogP contribution in [0.4, 0.5) is 13.2 Å². The molecule has 30 heavy (non-hydrogen) atoms. The Bertz CT molecular complexity index is 1090. The number of Topliss-reactive ketones (excluding diaryl/α,β-unsaturated/α-hetero) is 1. The second kappa shape index (κ2) is 7.76. The van der Waals surface area contributed by atoms with Crippen molar-refractivity contribution in [2.45, 2.75) is 35.1 Å². The zero-order valence-electron chi connectivity index (χ0n) is 15.9. The van der Waals surface area contributed by atoms with Gasteiger partial charge in [-0.3, -0.25) is 4.79 Å². The predicted octanol–water partition coefficient (Wildman–Crippen LogP) is 4.28. The SMILES string of the molecule is COc1ccc([C@](C#N)([C@H]2CCC(=O)C2)S(=O)(=O)c2ccc(C(F)(F)F)cc2)cc1. The summed E-state index contributed by atoms with van der Waals surface area (Å²) in [5.74, 6) is -0.536. The summed E-state index contributed by atoms with van der Waals surface area (Å²) in [5.41, 5.74) is -0.852. The lowest BCUT2D eigenvalue weighted by molar-refractivity contribution is -0.137. The minimum absolute atomic E-state index is 0.0978. The molecule has 1 fully saturated rings. The van der Waals surface area contributed by atoms with Gasteiger partial charge in [-0.1, -0.05) is 12.1 Å². The first-order valence-corrected chi connectivity index (χ1v) is 10.5. The first kappa shape index (κ1) is 21.8. The van der Waals surface area contributed by atoms with E-state index in [0.717, 1.165) is 12.1 Å². The molecule has 2 atom stereocenters. The molecule has 0 bridgehead atoms. The molecule has 2 aromatic rings. The van der Waals surface area contributed by atoms with Gasteiger partial charge in [-0.25, -0.2) is 8.42 Å². The molecule has 3 rings (SSSR count). The molecule has 9 heteroatoms. The van der Waals surface area contributed by atoms with Crippen LogP contribution >= 0.6 is 0 Å². The van der Waals surface area contributed by atoms with E-state index in [2.05, 4.69) is 0 Å². The number of halogens is 3. The molecule has 0 saturated heterocycles. The van der Waals surface area contributed by atoms with Crippen molar-refractivity contribution >= 4 is 15.6 Å². The third-order valence-electron chi connectivity index (χ3n) is 5.42. The van der Waals surface area contributed by atoms with Crippen LogP contribution in [0.3, 0.4) is 0 Å². The number of carbonyl (C=O) groups excluding carboxylic acids is 1. The molecule has 0 heterocycles. The Morgan fingerprint density at radius 2 is 1.60 bits per heavy atom. The van der Waals surface area contributed by atoms with Crippen molar-refractivity contribution in [3.63, 3.8) is 0 Å². The van der Waals surface area contributed by atoms with Crippen LogP contribution in [0, 0.1) is 17.2 Å². The van der Waals surface area contributed by atoms with Crippen LogP contribution in [0.1, 0.15) is 30.4 Å². The van der Waals surface area contributed by atoms with Gasteiger partial charge in [0, 0.05) is 18.8 Å². The number of rotatable bonds is 5. The summed E-state index contributed by atoms with van der Waals surface area (Å²) < 4.78 is 68.9. The van der Waals surface area contributed by atoms with Crippen molar-refractivity contribution in [1.29, 1.82) is 5.26 Å². The van der Waals surface area contributed by atoms with Gasteiger partial charge in [0.05, 0.1) is 23.6 Å². The van der Waals surface area contributed by atoms with E-state index in [1.807, 2.05) is 6.07 Å². The number of alkyl halides is 3. The lowest BCUT2D eigenvalue weighted by Gasteiger charge is -2.32. The molecule has 0 aromatic heterocycles. The molecule has 0 radical (unpaired) electrons. The molecule has 2 aromatic carbocycles. The molecule has 0 amide bonds. The molecule has 1 saturated carbocycles. The van der Waals surface area contributed by atoms with E-state index in [0.29, 0.717) is 17.9 Å². The summed E-state index contributed by atoms with van der Waals surface area (Å²) in [6.45, 7) is 0. The fraction of sp³-hybridized carbons (Fsp3) is 0.333. The van der Waals surface area contributed by atoms with E-state index in [1.54, 1.807) is 0 Å². The Morgan fingerprint density at radius 1 is 1.03 bits per heavy atom. The van der Waals surface area contributed by atoms with Gasteiger partial charge in [-0.2, -0.15) is 18.4 Å². The smallest absolute Gasteiger partial charge is 0.416 e. The minimum atomic E-state index is -4.62. The quantitative estimate of drug-likeness (QED) is 0.697. The first-order chi connectivity index (χ1) is 14.1. The average molecular weight is 437 g/mol. The van der Waals surface area contributed by atoms with E-state index in [-0.39, 0.29) is 30.6 Å². The van der Waals surface area contributed by atoms with Gasteiger partial charge in [-0.05, 0) is 48.4 Å². The summed E-state index contributed by atoms with van der Waals surface area (Å²) in [5, 5.41) is 10.1. The van der Waals surface area contributed by atoms with Crippen molar-refractivity contribution < 1.29 is 31.1 Å². The third kappa shape index (κ3) is 3.56. The van der Waals surface area contributed by atoms with E-state index < -0.39 is 37.1 Å². The Balaban J connectivity index is 2.20. The van der Waals surface area contributed by atoms with E-state index >= 15 is 0 Å². The van der Waals surface area contributed by atoms with Gasteiger partial charge in [0.2, 0.25) is 9.84 Å². The molecule has 1 aliphatic rings. The first-order valence-electron chi connectivity index (χ1n) is 9.05.